The lowest BCUT2D eigenvalue weighted by molar-refractivity contribution is -0.124. The van der Waals surface area contributed by atoms with E-state index in [9.17, 15) is 9.59 Å². The molecule has 0 radical (unpaired) electrons. The van der Waals surface area contributed by atoms with Crippen molar-refractivity contribution in [3.63, 3.8) is 0 Å². The summed E-state index contributed by atoms with van der Waals surface area (Å²) in [6.45, 7) is 0. The van der Waals surface area contributed by atoms with Crippen LogP contribution in [-0.4, -0.2) is 11.8 Å². The molecule has 1 heterocycles. The molecule has 1 aromatic carbocycles. The number of allylic oxidation sites excluding steroid dienone is 2. The molecule has 6 rings (SSSR count). The van der Waals surface area contributed by atoms with Crippen molar-refractivity contribution in [2.45, 2.75) is 6.42 Å². The van der Waals surface area contributed by atoms with Crippen LogP contribution < -0.4 is 4.90 Å². The van der Waals surface area contributed by atoms with Crippen molar-refractivity contribution in [1.82, 2.24) is 0 Å². The minimum Gasteiger partial charge on any atom is -0.274 e. The van der Waals surface area contributed by atoms with Crippen molar-refractivity contribution in [3.05, 3.63) is 40.4 Å². The highest BCUT2D eigenvalue weighted by atomic mass is 35.5. The first-order valence-electron chi connectivity index (χ1n) is 7.59. The molecule has 1 aromatic rings. The number of carbonyl (C=O) groups is 2. The predicted molar refractivity (Wildman–Crippen MR) is 83.7 cm³/mol. The van der Waals surface area contributed by atoms with Crippen LogP contribution in [0, 0.1) is 35.5 Å². The van der Waals surface area contributed by atoms with Gasteiger partial charge >= 0.3 is 0 Å². The van der Waals surface area contributed by atoms with Crippen LogP contribution in [-0.2, 0) is 9.59 Å². The number of rotatable bonds is 1. The number of hydrogen-bond donors (Lipinski definition) is 0. The molecule has 112 valence electrons. The van der Waals surface area contributed by atoms with Crippen molar-refractivity contribution >= 4 is 40.7 Å². The predicted octanol–water partition coefficient (Wildman–Crippen LogP) is 3.55. The Morgan fingerprint density at radius 1 is 0.955 bits per heavy atom. The molecule has 0 aromatic heterocycles. The van der Waals surface area contributed by atoms with E-state index in [1.807, 2.05) is 0 Å². The van der Waals surface area contributed by atoms with E-state index in [2.05, 4.69) is 12.2 Å². The number of benzene rings is 1. The molecule has 3 nitrogen and oxygen atoms in total. The van der Waals surface area contributed by atoms with Gasteiger partial charge in [0.25, 0.3) is 0 Å². The molecule has 1 saturated heterocycles. The average Bonchev–Trinajstić information content (AvgIpc) is 3.28. The Kier molecular flexibility index (Phi) is 2.48. The van der Waals surface area contributed by atoms with Gasteiger partial charge in [0.15, 0.2) is 0 Å². The third kappa shape index (κ3) is 1.44. The minimum absolute atomic E-state index is 0.108. The number of halogens is 2. The lowest BCUT2D eigenvalue weighted by Crippen LogP contribution is -2.40. The van der Waals surface area contributed by atoms with Crippen LogP contribution >= 0.6 is 23.2 Å². The second kappa shape index (κ2) is 4.15. The minimum atomic E-state index is -0.207. The van der Waals surface area contributed by atoms with Crippen LogP contribution in [0.1, 0.15) is 6.42 Å². The quantitative estimate of drug-likeness (QED) is 0.582. The average molecular weight is 334 g/mol. The van der Waals surface area contributed by atoms with Gasteiger partial charge < -0.3 is 0 Å². The zero-order valence-electron chi connectivity index (χ0n) is 11.6. The van der Waals surface area contributed by atoms with Gasteiger partial charge in [0.1, 0.15) is 0 Å². The summed E-state index contributed by atoms with van der Waals surface area (Å²) in [5, 5.41) is 0.633. The number of hydrogen-bond acceptors (Lipinski definition) is 2. The monoisotopic (exact) mass is 333 g/mol. The Bertz CT molecular complexity index is 723. The second-order valence-electron chi connectivity index (χ2n) is 6.74. The van der Waals surface area contributed by atoms with Crippen molar-refractivity contribution in [3.8, 4) is 0 Å². The van der Waals surface area contributed by atoms with Crippen molar-refractivity contribution in [2.75, 3.05) is 4.90 Å². The van der Waals surface area contributed by atoms with Crippen molar-refractivity contribution < 1.29 is 9.59 Å². The maximum absolute atomic E-state index is 12.9. The summed E-state index contributed by atoms with van der Waals surface area (Å²) in [5.41, 5.74) is 0.423. The zero-order chi connectivity index (χ0) is 15.2. The van der Waals surface area contributed by atoms with Crippen LogP contribution in [0.3, 0.4) is 0 Å². The van der Waals surface area contributed by atoms with Gasteiger partial charge in [-0.05, 0) is 42.2 Å². The summed E-state index contributed by atoms with van der Waals surface area (Å²) < 4.78 is 0. The first-order valence-corrected chi connectivity index (χ1v) is 8.35. The standard InChI is InChI=1S/C17H13Cl2NO2/c18-11-2-1-3-12(15(11)19)20-16(21)13-7-4-5-8(10-6-9(7)10)14(13)17(20)22/h1-5,7-10,13-14H,6H2/t7-,8-,9-,10+,13+,14+/m0/s1. The fraction of sp³-hybridized carbons (Fsp3) is 0.412. The Morgan fingerprint density at radius 3 is 2.14 bits per heavy atom. The van der Waals surface area contributed by atoms with Crippen LogP contribution in [0.4, 0.5) is 5.69 Å². The van der Waals surface area contributed by atoms with Gasteiger partial charge in [-0.15, -0.1) is 0 Å². The molecule has 1 aliphatic heterocycles. The third-order valence-corrected chi connectivity index (χ3v) is 6.64. The summed E-state index contributed by atoms with van der Waals surface area (Å²) in [6.07, 6.45) is 5.48. The topological polar surface area (TPSA) is 37.4 Å². The van der Waals surface area contributed by atoms with Gasteiger partial charge in [0.2, 0.25) is 11.8 Å². The van der Waals surface area contributed by atoms with Crippen LogP contribution in [0.2, 0.25) is 10.0 Å². The molecular formula is C17H13Cl2NO2. The van der Waals surface area contributed by atoms with E-state index in [-0.39, 0.29) is 40.5 Å². The number of carbonyl (C=O) groups excluding carboxylic acids is 2. The highest BCUT2D eigenvalue weighted by Crippen LogP contribution is 2.65. The molecule has 6 atom stereocenters. The van der Waals surface area contributed by atoms with Crippen molar-refractivity contribution in [2.24, 2.45) is 35.5 Å². The van der Waals surface area contributed by atoms with E-state index in [0.29, 0.717) is 22.5 Å². The third-order valence-electron chi connectivity index (χ3n) is 5.83. The van der Waals surface area contributed by atoms with Gasteiger partial charge in [0, 0.05) is 0 Å². The van der Waals surface area contributed by atoms with E-state index >= 15 is 0 Å². The summed E-state index contributed by atoms with van der Waals surface area (Å²) in [4.78, 5) is 27.2. The molecule has 0 spiro atoms. The van der Waals surface area contributed by atoms with E-state index in [1.165, 1.54) is 4.90 Å². The molecular weight excluding hydrogens is 321 g/mol. The number of nitrogens with zero attached hydrogens (tertiary/aromatic N) is 1. The lowest BCUT2D eigenvalue weighted by Gasteiger charge is -2.37. The van der Waals surface area contributed by atoms with Crippen molar-refractivity contribution in [1.29, 1.82) is 0 Å². The number of imide groups is 1. The molecule has 5 aliphatic rings. The van der Waals surface area contributed by atoms with Crippen LogP contribution in [0.15, 0.2) is 30.4 Å². The first kappa shape index (κ1) is 13.1. The van der Waals surface area contributed by atoms with Gasteiger partial charge in [-0.25, -0.2) is 4.90 Å². The second-order valence-corrected chi connectivity index (χ2v) is 7.52. The summed E-state index contributed by atoms with van der Waals surface area (Å²) in [6, 6.07) is 5.07. The smallest absolute Gasteiger partial charge is 0.238 e. The zero-order valence-corrected chi connectivity index (χ0v) is 13.1. The fourth-order valence-electron chi connectivity index (χ4n) is 4.86. The normalized spacial score (nSPS) is 40.9. The Hall–Kier alpha value is -1.32. The Balaban J connectivity index is 1.62. The van der Waals surface area contributed by atoms with E-state index in [4.69, 9.17) is 23.2 Å². The van der Waals surface area contributed by atoms with Crippen LogP contribution in [0.5, 0.6) is 0 Å². The largest absolute Gasteiger partial charge is 0.274 e. The van der Waals surface area contributed by atoms with Crippen LogP contribution in [0.25, 0.3) is 0 Å². The first-order chi connectivity index (χ1) is 10.6. The number of amides is 2. The Morgan fingerprint density at radius 2 is 1.55 bits per heavy atom. The maximum Gasteiger partial charge on any atom is 0.238 e. The SMILES string of the molecule is O=C1[C@@H]2[C@H]3C=C[C@@H]([C@@H]4C[C@H]34)[C@H]2C(=O)N1c1cccc(Cl)c1Cl. The molecule has 2 amide bonds. The molecule has 0 unspecified atom stereocenters. The molecule has 22 heavy (non-hydrogen) atoms. The highest BCUT2D eigenvalue weighted by molar-refractivity contribution is 6.44. The molecule has 0 N–H and O–H groups in total. The Labute approximate surface area is 137 Å². The molecule has 5 heteroatoms. The molecule has 2 bridgehead atoms. The fourth-order valence-corrected chi connectivity index (χ4v) is 5.24. The molecule has 2 saturated carbocycles. The summed E-state index contributed by atoms with van der Waals surface area (Å²) >= 11 is 12.3. The summed E-state index contributed by atoms with van der Waals surface area (Å²) in [5.74, 6) is 1.01. The van der Waals surface area contributed by atoms with E-state index < -0.39 is 0 Å². The lowest BCUT2D eigenvalue weighted by atomic mass is 9.63. The van der Waals surface area contributed by atoms with Gasteiger partial charge in [-0.1, -0.05) is 41.4 Å². The van der Waals surface area contributed by atoms with Gasteiger partial charge in [-0.2, -0.15) is 0 Å². The van der Waals surface area contributed by atoms with Gasteiger partial charge in [0.05, 0.1) is 27.6 Å². The van der Waals surface area contributed by atoms with Gasteiger partial charge in [-0.3, -0.25) is 9.59 Å². The maximum atomic E-state index is 12.9. The molecule has 4 aliphatic carbocycles. The highest BCUT2D eigenvalue weighted by Gasteiger charge is 2.67. The number of anilines is 1. The van der Waals surface area contributed by atoms with E-state index in [0.717, 1.165) is 6.42 Å². The molecule has 3 fully saturated rings. The van der Waals surface area contributed by atoms with E-state index in [1.54, 1.807) is 18.2 Å². The summed E-state index contributed by atoms with van der Waals surface area (Å²) in [7, 11) is 0.